The first-order valence-corrected chi connectivity index (χ1v) is 8.21. The average Bonchev–Trinajstić information content (AvgIpc) is 2.54. The van der Waals surface area contributed by atoms with Crippen LogP contribution in [0, 0.1) is 5.41 Å². The van der Waals surface area contributed by atoms with Gasteiger partial charge in [-0.3, -0.25) is 4.79 Å². The van der Waals surface area contributed by atoms with Gasteiger partial charge in [0.05, 0.1) is 12.0 Å². The Morgan fingerprint density at radius 1 is 1.18 bits per heavy atom. The fourth-order valence-corrected chi connectivity index (χ4v) is 2.64. The smallest absolute Gasteiger partial charge is 0.311 e. The van der Waals surface area contributed by atoms with E-state index in [1.807, 2.05) is 13.8 Å². The van der Waals surface area contributed by atoms with Gasteiger partial charge in [-0.05, 0) is 43.2 Å². The monoisotopic (exact) mass is 306 g/mol. The Labute approximate surface area is 135 Å². The largest absolute Gasteiger partial charge is 0.463 e. The van der Waals surface area contributed by atoms with Crippen molar-refractivity contribution in [3.05, 3.63) is 35.4 Å². The second kappa shape index (κ2) is 8.94. The average molecular weight is 306 g/mol. The van der Waals surface area contributed by atoms with Gasteiger partial charge in [-0.15, -0.1) is 0 Å². The van der Waals surface area contributed by atoms with Crippen LogP contribution in [0.3, 0.4) is 0 Å². The second-order valence-electron chi connectivity index (χ2n) is 6.24. The summed E-state index contributed by atoms with van der Waals surface area (Å²) in [6.45, 7) is 9.15. The summed E-state index contributed by atoms with van der Waals surface area (Å²) >= 11 is 0. The predicted molar refractivity (Wildman–Crippen MR) is 90.1 cm³/mol. The molecule has 0 spiro atoms. The molecule has 0 bridgehead atoms. The van der Waals surface area contributed by atoms with Crippen molar-refractivity contribution in [2.45, 2.75) is 52.9 Å². The Hall–Kier alpha value is -1.35. The van der Waals surface area contributed by atoms with Crippen LogP contribution in [-0.4, -0.2) is 26.3 Å². The Bertz CT molecular complexity index is 452. The van der Waals surface area contributed by atoms with Gasteiger partial charge >= 0.3 is 5.97 Å². The van der Waals surface area contributed by atoms with Crippen LogP contribution in [-0.2, 0) is 20.7 Å². The van der Waals surface area contributed by atoms with Crippen molar-refractivity contribution in [1.82, 2.24) is 0 Å². The summed E-state index contributed by atoms with van der Waals surface area (Å²) in [5.41, 5.74) is 2.17. The van der Waals surface area contributed by atoms with E-state index in [2.05, 4.69) is 38.1 Å². The van der Waals surface area contributed by atoms with Gasteiger partial charge in [-0.1, -0.05) is 45.0 Å². The van der Waals surface area contributed by atoms with E-state index in [1.165, 1.54) is 11.1 Å². The van der Waals surface area contributed by atoms with Crippen LogP contribution in [0.2, 0.25) is 0 Å². The lowest BCUT2D eigenvalue weighted by Gasteiger charge is -2.29. The Balaban J connectivity index is 2.71. The molecule has 0 heterocycles. The van der Waals surface area contributed by atoms with E-state index in [0.29, 0.717) is 19.1 Å². The normalized spacial score (nSPS) is 15.1. The number of hydrogen-bond donors (Lipinski definition) is 0. The van der Waals surface area contributed by atoms with Gasteiger partial charge in [-0.2, -0.15) is 0 Å². The van der Waals surface area contributed by atoms with E-state index in [1.54, 1.807) is 7.11 Å². The lowest BCUT2D eigenvalue weighted by Crippen LogP contribution is -2.31. The summed E-state index contributed by atoms with van der Waals surface area (Å²) in [6.07, 6.45) is 2.62. The molecular formula is C19H30O3. The van der Waals surface area contributed by atoms with Crippen LogP contribution in [0.1, 0.15) is 57.6 Å². The summed E-state index contributed by atoms with van der Waals surface area (Å²) in [5, 5.41) is 0. The fraction of sp³-hybridized carbons (Fsp3) is 0.632. The minimum absolute atomic E-state index is 0.121. The molecule has 0 saturated heterocycles. The molecule has 0 aliphatic rings. The molecule has 2 unspecified atom stereocenters. The van der Waals surface area contributed by atoms with Crippen LogP contribution in [0.4, 0.5) is 0 Å². The van der Waals surface area contributed by atoms with Gasteiger partial charge in [0.15, 0.2) is 0 Å². The fourth-order valence-electron chi connectivity index (χ4n) is 2.64. The summed E-state index contributed by atoms with van der Waals surface area (Å²) in [4.78, 5) is 12.4. The van der Waals surface area contributed by atoms with Crippen molar-refractivity contribution in [3.8, 4) is 0 Å². The van der Waals surface area contributed by atoms with Crippen molar-refractivity contribution < 1.29 is 14.3 Å². The number of methoxy groups -OCH3 is 1. The maximum absolute atomic E-state index is 12.4. The molecule has 0 aromatic heterocycles. The molecule has 124 valence electrons. The summed E-state index contributed by atoms with van der Waals surface area (Å²) in [5.74, 6) is 0.204. The number of esters is 1. The molecule has 1 aromatic carbocycles. The van der Waals surface area contributed by atoms with Crippen molar-refractivity contribution in [2.24, 2.45) is 5.41 Å². The molecule has 3 nitrogen and oxygen atoms in total. The molecule has 0 N–H and O–H groups in total. The predicted octanol–water partition coefficient (Wildman–Crippen LogP) is 4.35. The van der Waals surface area contributed by atoms with Gasteiger partial charge in [0, 0.05) is 7.11 Å². The standard InChI is InChI=1S/C19H30O3/c1-6-16-8-10-17(11-9-16)15(3)14-19(4,7-2)18(20)22-13-12-21-5/h8-11,15H,6-7,12-14H2,1-5H3. The van der Waals surface area contributed by atoms with Gasteiger partial charge in [0.2, 0.25) is 0 Å². The number of carbonyl (C=O) groups excluding carboxylic acids is 1. The first-order chi connectivity index (χ1) is 10.5. The molecule has 0 saturated carbocycles. The van der Waals surface area contributed by atoms with Crippen LogP contribution in [0.15, 0.2) is 24.3 Å². The maximum Gasteiger partial charge on any atom is 0.311 e. The third-order valence-corrected chi connectivity index (χ3v) is 4.51. The van der Waals surface area contributed by atoms with E-state index in [4.69, 9.17) is 9.47 Å². The minimum Gasteiger partial charge on any atom is -0.463 e. The van der Waals surface area contributed by atoms with Crippen LogP contribution in [0.25, 0.3) is 0 Å². The van der Waals surface area contributed by atoms with Crippen molar-refractivity contribution in [1.29, 1.82) is 0 Å². The van der Waals surface area contributed by atoms with Crippen LogP contribution < -0.4 is 0 Å². The molecule has 1 aromatic rings. The Morgan fingerprint density at radius 2 is 1.82 bits per heavy atom. The molecule has 0 amide bonds. The first kappa shape index (κ1) is 18.7. The molecule has 3 heteroatoms. The summed E-state index contributed by atoms with van der Waals surface area (Å²) in [7, 11) is 1.61. The van der Waals surface area contributed by atoms with E-state index in [-0.39, 0.29) is 5.97 Å². The second-order valence-corrected chi connectivity index (χ2v) is 6.24. The van der Waals surface area contributed by atoms with E-state index in [9.17, 15) is 4.79 Å². The third-order valence-electron chi connectivity index (χ3n) is 4.51. The zero-order valence-electron chi connectivity index (χ0n) is 14.6. The van der Waals surface area contributed by atoms with Crippen molar-refractivity contribution in [3.63, 3.8) is 0 Å². The number of ether oxygens (including phenoxy) is 2. The van der Waals surface area contributed by atoms with Crippen molar-refractivity contribution >= 4 is 5.97 Å². The first-order valence-electron chi connectivity index (χ1n) is 8.21. The summed E-state index contributed by atoms with van der Waals surface area (Å²) in [6, 6.07) is 8.70. The highest BCUT2D eigenvalue weighted by Gasteiger charge is 2.34. The molecule has 0 aliphatic heterocycles. The molecule has 1 rings (SSSR count). The highest BCUT2D eigenvalue weighted by Crippen LogP contribution is 2.35. The van der Waals surface area contributed by atoms with Crippen molar-refractivity contribution in [2.75, 3.05) is 20.3 Å². The molecule has 0 fully saturated rings. The van der Waals surface area contributed by atoms with Gasteiger partial charge < -0.3 is 9.47 Å². The maximum atomic E-state index is 12.4. The molecule has 22 heavy (non-hydrogen) atoms. The van der Waals surface area contributed by atoms with E-state index >= 15 is 0 Å². The topological polar surface area (TPSA) is 35.5 Å². The number of aryl methyl sites for hydroxylation is 1. The van der Waals surface area contributed by atoms with E-state index in [0.717, 1.165) is 19.3 Å². The highest BCUT2D eigenvalue weighted by atomic mass is 16.6. The number of carbonyl (C=O) groups is 1. The Kier molecular flexibility index (Phi) is 7.60. The zero-order chi connectivity index (χ0) is 16.6. The summed E-state index contributed by atoms with van der Waals surface area (Å²) < 4.78 is 10.3. The van der Waals surface area contributed by atoms with E-state index < -0.39 is 5.41 Å². The van der Waals surface area contributed by atoms with Gasteiger partial charge in [0.25, 0.3) is 0 Å². The Morgan fingerprint density at radius 3 is 2.32 bits per heavy atom. The SMILES string of the molecule is CCc1ccc(C(C)CC(C)(CC)C(=O)OCCOC)cc1. The lowest BCUT2D eigenvalue weighted by molar-refractivity contribution is -0.157. The minimum atomic E-state index is -0.448. The number of benzene rings is 1. The quantitative estimate of drug-likeness (QED) is 0.502. The highest BCUT2D eigenvalue weighted by molar-refractivity contribution is 5.76. The number of hydrogen-bond acceptors (Lipinski definition) is 3. The van der Waals surface area contributed by atoms with Gasteiger partial charge in [0.1, 0.15) is 6.61 Å². The molecule has 0 aliphatic carbocycles. The molecule has 0 radical (unpaired) electrons. The third kappa shape index (κ3) is 5.13. The van der Waals surface area contributed by atoms with Gasteiger partial charge in [-0.25, -0.2) is 0 Å². The zero-order valence-corrected chi connectivity index (χ0v) is 14.6. The molecular weight excluding hydrogens is 276 g/mol. The number of rotatable bonds is 9. The molecule has 2 atom stereocenters. The lowest BCUT2D eigenvalue weighted by atomic mass is 9.77. The van der Waals surface area contributed by atoms with Crippen LogP contribution in [0.5, 0.6) is 0 Å². The van der Waals surface area contributed by atoms with Crippen LogP contribution >= 0.6 is 0 Å².